The molecule has 2 aromatic carbocycles. The standard InChI is InChI=1S/C26H25ClN4O/c27-22-14-12-19(13-15-22)25-21(18-31(30-25)24-10-6-3-7-11-24)16-20(17-28)26(32)29-23-8-4-1-2-5-9-23/h3,6-7,10-16,18,23H,1-2,4-5,8-9H2,(H,29,32)/b20-16+. The fourth-order valence-corrected chi connectivity index (χ4v) is 4.15. The Labute approximate surface area is 193 Å². The summed E-state index contributed by atoms with van der Waals surface area (Å²) in [5.41, 5.74) is 3.21. The molecule has 5 nitrogen and oxygen atoms in total. The van der Waals surface area contributed by atoms with E-state index < -0.39 is 0 Å². The lowest BCUT2D eigenvalue weighted by molar-refractivity contribution is -0.117. The van der Waals surface area contributed by atoms with Crippen LogP contribution in [0.2, 0.25) is 5.02 Å². The molecule has 32 heavy (non-hydrogen) atoms. The Kier molecular flexibility index (Phi) is 7.03. The number of carbonyl (C=O) groups excluding carboxylic acids is 1. The minimum Gasteiger partial charge on any atom is -0.349 e. The van der Waals surface area contributed by atoms with Crippen molar-refractivity contribution in [3.63, 3.8) is 0 Å². The van der Waals surface area contributed by atoms with Crippen molar-refractivity contribution in [1.82, 2.24) is 15.1 Å². The van der Waals surface area contributed by atoms with Crippen molar-refractivity contribution in [2.75, 3.05) is 0 Å². The first-order chi connectivity index (χ1) is 15.6. The van der Waals surface area contributed by atoms with E-state index in [1.165, 1.54) is 12.8 Å². The normalized spacial score (nSPS) is 15.1. The maximum absolute atomic E-state index is 12.9. The van der Waals surface area contributed by atoms with Crippen LogP contribution in [-0.2, 0) is 4.79 Å². The van der Waals surface area contributed by atoms with Crippen molar-refractivity contribution in [1.29, 1.82) is 5.26 Å². The second-order valence-corrected chi connectivity index (χ2v) is 8.49. The fraction of sp³-hybridized carbons (Fsp3) is 0.269. The Balaban J connectivity index is 1.69. The number of halogens is 1. The van der Waals surface area contributed by atoms with E-state index in [4.69, 9.17) is 16.7 Å². The number of amides is 1. The molecule has 162 valence electrons. The monoisotopic (exact) mass is 444 g/mol. The lowest BCUT2D eigenvalue weighted by Crippen LogP contribution is -2.35. The number of hydrogen-bond donors (Lipinski definition) is 1. The topological polar surface area (TPSA) is 70.7 Å². The first-order valence-electron chi connectivity index (χ1n) is 11.0. The second kappa shape index (κ2) is 10.3. The van der Waals surface area contributed by atoms with Crippen molar-refractivity contribution in [3.05, 3.63) is 77.0 Å². The van der Waals surface area contributed by atoms with Crippen LogP contribution in [0.15, 0.2) is 66.4 Å². The molecule has 0 atom stereocenters. The van der Waals surface area contributed by atoms with Gasteiger partial charge in [-0.2, -0.15) is 10.4 Å². The van der Waals surface area contributed by atoms with Gasteiger partial charge in [-0.25, -0.2) is 4.68 Å². The molecule has 1 amide bonds. The average Bonchev–Trinajstić information content (AvgIpc) is 3.07. The molecule has 1 saturated carbocycles. The molecule has 0 aliphatic heterocycles. The predicted octanol–water partition coefficient (Wildman–Crippen LogP) is 5.94. The minimum atomic E-state index is -0.325. The SMILES string of the molecule is N#C/C(=C\c1cn(-c2ccccc2)nc1-c1ccc(Cl)cc1)C(=O)NC1CCCCCC1. The molecule has 3 aromatic rings. The van der Waals surface area contributed by atoms with Gasteiger partial charge in [-0.05, 0) is 43.2 Å². The van der Waals surface area contributed by atoms with Crippen LogP contribution < -0.4 is 5.32 Å². The lowest BCUT2D eigenvalue weighted by Gasteiger charge is -2.15. The molecule has 1 fully saturated rings. The summed E-state index contributed by atoms with van der Waals surface area (Å²) in [6, 6.07) is 19.3. The van der Waals surface area contributed by atoms with Gasteiger partial charge in [0.25, 0.3) is 5.91 Å². The Morgan fingerprint density at radius 1 is 1.06 bits per heavy atom. The average molecular weight is 445 g/mol. The molecule has 0 unspecified atom stereocenters. The summed E-state index contributed by atoms with van der Waals surface area (Å²) in [5, 5.41) is 18.2. The van der Waals surface area contributed by atoms with E-state index in [0.717, 1.165) is 36.9 Å². The Morgan fingerprint density at radius 2 is 1.75 bits per heavy atom. The zero-order valence-corrected chi connectivity index (χ0v) is 18.6. The maximum Gasteiger partial charge on any atom is 0.262 e. The summed E-state index contributed by atoms with van der Waals surface area (Å²) in [7, 11) is 0. The van der Waals surface area contributed by atoms with Crippen LogP contribution in [0.25, 0.3) is 23.0 Å². The van der Waals surface area contributed by atoms with Crippen molar-refractivity contribution < 1.29 is 4.79 Å². The van der Waals surface area contributed by atoms with E-state index in [1.54, 1.807) is 22.9 Å². The van der Waals surface area contributed by atoms with Crippen molar-refractivity contribution in [2.24, 2.45) is 0 Å². The highest BCUT2D eigenvalue weighted by Gasteiger charge is 2.19. The van der Waals surface area contributed by atoms with Gasteiger partial charge in [0.15, 0.2) is 0 Å². The molecule has 1 aromatic heterocycles. The lowest BCUT2D eigenvalue weighted by atomic mass is 10.0. The number of nitriles is 1. The van der Waals surface area contributed by atoms with Crippen LogP contribution in [-0.4, -0.2) is 21.7 Å². The van der Waals surface area contributed by atoms with Gasteiger partial charge in [-0.15, -0.1) is 0 Å². The minimum absolute atomic E-state index is 0.0806. The molecule has 1 aliphatic rings. The van der Waals surface area contributed by atoms with Crippen LogP contribution in [0.1, 0.15) is 44.1 Å². The van der Waals surface area contributed by atoms with Gasteiger partial charge in [0.1, 0.15) is 11.6 Å². The zero-order chi connectivity index (χ0) is 22.3. The number of aromatic nitrogens is 2. The number of nitrogens with zero attached hydrogens (tertiary/aromatic N) is 3. The molecule has 0 spiro atoms. The molecule has 0 bridgehead atoms. The number of nitrogens with one attached hydrogen (secondary N) is 1. The maximum atomic E-state index is 12.9. The highest BCUT2D eigenvalue weighted by molar-refractivity contribution is 6.30. The smallest absolute Gasteiger partial charge is 0.262 e. The summed E-state index contributed by atoms with van der Waals surface area (Å²) in [4.78, 5) is 12.9. The van der Waals surface area contributed by atoms with E-state index >= 15 is 0 Å². The van der Waals surface area contributed by atoms with Crippen LogP contribution in [0.3, 0.4) is 0 Å². The third-order valence-electron chi connectivity index (χ3n) is 5.74. The van der Waals surface area contributed by atoms with Gasteiger partial charge in [-0.1, -0.05) is 67.6 Å². The molecule has 1 heterocycles. The first kappa shape index (κ1) is 21.9. The van der Waals surface area contributed by atoms with Crippen LogP contribution in [0.5, 0.6) is 0 Å². The summed E-state index contributed by atoms with van der Waals surface area (Å²) >= 11 is 6.06. The molecule has 1 aliphatic carbocycles. The van der Waals surface area contributed by atoms with Gasteiger partial charge >= 0.3 is 0 Å². The predicted molar refractivity (Wildman–Crippen MR) is 127 cm³/mol. The van der Waals surface area contributed by atoms with E-state index in [2.05, 4.69) is 11.4 Å². The van der Waals surface area contributed by atoms with E-state index in [1.807, 2.05) is 48.7 Å². The summed E-state index contributed by atoms with van der Waals surface area (Å²) in [5.74, 6) is -0.325. The van der Waals surface area contributed by atoms with Gasteiger partial charge < -0.3 is 5.32 Å². The zero-order valence-electron chi connectivity index (χ0n) is 17.8. The van der Waals surface area contributed by atoms with E-state index in [9.17, 15) is 10.1 Å². The quantitative estimate of drug-likeness (QED) is 0.301. The molecular weight excluding hydrogens is 420 g/mol. The van der Waals surface area contributed by atoms with Crippen LogP contribution >= 0.6 is 11.6 Å². The van der Waals surface area contributed by atoms with Gasteiger partial charge in [0.2, 0.25) is 0 Å². The number of carbonyl (C=O) groups is 1. The summed E-state index contributed by atoms with van der Waals surface area (Å²) in [6.45, 7) is 0. The Hall–Kier alpha value is -3.36. The number of rotatable bonds is 5. The van der Waals surface area contributed by atoms with Crippen LogP contribution in [0, 0.1) is 11.3 Å². The highest BCUT2D eigenvalue weighted by atomic mass is 35.5. The second-order valence-electron chi connectivity index (χ2n) is 8.05. The van der Waals surface area contributed by atoms with Gasteiger partial charge in [0.05, 0.1) is 11.4 Å². The number of para-hydroxylation sites is 1. The number of hydrogen-bond acceptors (Lipinski definition) is 3. The Morgan fingerprint density at radius 3 is 2.41 bits per heavy atom. The third kappa shape index (κ3) is 5.27. The molecule has 0 radical (unpaired) electrons. The molecule has 0 saturated heterocycles. The summed E-state index contributed by atoms with van der Waals surface area (Å²) in [6.07, 6.45) is 10.0. The Bertz CT molecular complexity index is 1130. The number of benzene rings is 2. The third-order valence-corrected chi connectivity index (χ3v) is 5.99. The molecular formula is C26H25ClN4O. The van der Waals surface area contributed by atoms with Crippen molar-refractivity contribution >= 4 is 23.6 Å². The van der Waals surface area contributed by atoms with Crippen LogP contribution in [0.4, 0.5) is 0 Å². The van der Waals surface area contributed by atoms with E-state index in [-0.39, 0.29) is 17.5 Å². The highest BCUT2D eigenvalue weighted by Crippen LogP contribution is 2.27. The largest absolute Gasteiger partial charge is 0.349 e. The van der Waals surface area contributed by atoms with Gasteiger partial charge in [-0.3, -0.25) is 4.79 Å². The van der Waals surface area contributed by atoms with Gasteiger partial charge in [0, 0.05) is 28.4 Å². The molecule has 1 N–H and O–H groups in total. The summed E-state index contributed by atoms with van der Waals surface area (Å²) < 4.78 is 1.76. The fourth-order valence-electron chi connectivity index (χ4n) is 4.03. The van der Waals surface area contributed by atoms with E-state index in [0.29, 0.717) is 16.3 Å². The first-order valence-corrected chi connectivity index (χ1v) is 11.4. The van der Waals surface area contributed by atoms with Crippen molar-refractivity contribution in [3.8, 4) is 23.0 Å². The molecule has 6 heteroatoms. The molecule has 4 rings (SSSR count). The van der Waals surface area contributed by atoms with Crippen molar-refractivity contribution in [2.45, 2.75) is 44.6 Å².